The minimum Gasteiger partial charge on any atom is -0.457 e. The molecule has 22 rings (SSSR count). The Kier molecular flexibility index (Phi) is 25.6. The predicted molar refractivity (Wildman–Crippen MR) is 538 cm³/mol. The summed E-state index contributed by atoms with van der Waals surface area (Å²) in [6, 6.07) is 127. The average molecular weight is 1730 g/mol. The van der Waals surface area contributed by atoms with Crippen LogP contribution in [-0.4, -0.2) is 12.2 Å². The molecule has 0 radical (unpaired) electrons. The van der Waals surface area contributed by atoms with Crippen LogP contribution in [0, 0.1) is 11.3 Å². The quantitative estimate of drug-likeness (QED) is 0.0713. The first-order valence-corrected chi connectivity index (χ1v) is 43.1. The lowest BCUT2D eigenvalue weighted by atomic mass is 9.69. The summed E-state index contributed by atoms with van der Waals surface area (Å²) in [6.07, 6.45) is 0. The first kappa shape index (κ1) is 89.3. The van der Waals surface area contributed by atoms with Gasteiger partial charge in [0.2, 0.25) is 0 Å². The molecule has 0 saturated carbocycles. The van der Waals surface area contributed by atoms with Crippen molar-refractivity contribution in [3.8, 4) is 74.7 Å². The number of nitrogen functional groups attached to an aromatic ring is 10. The number of fused-ring (bicyclic) bond motifs is 11. The van der Waals surface area contributed by atoms with Gasteiger partial charge in [0.25, 0.3) is 0 Å². The fraction of sp³-hybridized carbons (Fsp3) is 0.114. The summed E-state index contributed by atoms with van der Waals surface area (Å²) in [5.41, 5.74) is 83.2. The number of rotatable bonds is 5. The topological polar surface area (TPSA) is 350 Å². The van der Waals surface area contributed by atoms with Gasteiger partial charge in [-0.2, -0.15) is 5.26 Å². The maximum Gasteiger partial charge on any atom is 0.133 e. The largest absolute Gasteiger partial charge is 0.457 e. The maximum atomic E-state index is 7.32. The van der Waals surface area contributed by atoms with Crippen molar-refractivity contribution >= 4 is 67.6 Å². The molecule has 0 saturated heterocycles. The number of aliphatic hydroxyl groups excluding tert-OH is 1. The summed E-state index contributed by atoms with van der Waals surface area (Å²) >= 11 is 0. The van der Waals surface area contributed by atoms with Gasteiger partial charge in [0.1, 0.15) is 57.5 Å². The van der Waals surface area contributed by atoms with Crippen LogP contribution in [-0.2, 0) is 27.1 Å². The number of anilines is 10. The molecular weight excluding hydrogens is 1620 g/mol. The normalized spacial score (nSPS) is 13.7. The van der Waals surface area contributed by atoms with E-state index in [-0.39, 0.29) is 27.1 Å². The van der Waals surface area contributed by atoms with Gasteiger partial charge in [0.05, 0.1) is 6.07 Å². The smallest absolute Gasteiger partial charge is 0.133 e. The fourth-order valence-corrected chi connectivity index (χ4v) is 18.2. The van der Waals surface area contributed by atoms with Crippen LogP contribution in [0.2, 0.25) is 0 Å². The standard InChI is InChI=1S/C26H22N2O.3C20H18N2O.C15H16N2O.C10H8.C2H3N.CH4O/c1-26(19-9-7-18(8-10-19)17-5-3-2-4-6-17)22-13-11-20(27)15-24(22)29-25-16-21(28)12-14-23(25)26;3*1-20(13-5-3-2-4-6-13)16-9-7-14(21)11-18(16)23-19-12-15(22)8-10-17(19)20;1-15(2)11-5-3-9(16)7-13(11)18-14-8-10(17)4-6-12(14)15;1-2-6-10-8-4-3-7-9(10)5-1;1-2-3;1-2/h2-16H,27-28H2,1H3;3*2-12H,21-22H2,1H3;3-8H,16-17H2,1-2H3;1-8H;1H3;2H,1H3. The maximum absolute atomic E-state index is 7.32. The third-order valence-corrected chi connectivity index (χ3v) is 25.1. The highest BCUT2D eigenvalue weighted by atomic mass is 16.5. The number of hydrogen-bond acceptors (Lipinski definition) is 17. The Morgan fingerprint density at radius 1 is 0.206 bits per heavy atom. The highest BCUT2D eigenvalue weighted by Crippen LogP contribution is 2.58. The Balaban J connectivity index is 0.000000121. The van der Waals surface area contributed by atoms with Crippen molar-refractivity contribution in [2.75, 3.05) is 64.4 Å². The number of nitrogens with two attached hydrogens (primary N) is 10. The van der Waals surface area contributed by atoms with E-state index in [2.05, 4.69) is 260 Å². The van der Waals surface area contributed by atoms with E-state index in [0.717, 1.165) is 120 Å². The molecule has 5 aliphatic rings. The number of aliphatic hydroxyl groups is 1. The first-order valence-electron chi connectivity index (χ1n) is 43.1. The van der Waals surface area contributed by atoms with E-state index in [4.69, 9.17) is 91.4 Å². The third-order valence-electron chi connectivity index (χ3n) is 25.1. The van der Waals surface area contributed by atoms with Crippen LogP contribution < -0.4 is 81.0 Å². The van der Waals surface area contributed by atoms with Gasteiger partial charge in [-0.1, -0.05) is 269 Å². The fourth-order valence-electron chi connectivity index (χ4n) is 18.2. The second-order valence-corrected chi connectivity index (χ2v) is 33.8. The van der Waals surface area contributed by atoms with Crippen molar-refractivity contribution < 1.29 is 28.8 Å². The molecule has 21 N–H and O–H groups in total. The number of ether oxygens (including phenoxy) is 5. The van der Waals surface area contributed by atoms with E-state index in [9.17, 15) is 0 Å². The Bertz CT molecular complexity index is 6360. The van der Waals surface area contributed by atoms with Gasteiger partial charge in [0, 0.05) is 214 Å². The number of benzene rings is 17. The lowest BCUT2D eigenvalue weighted by Crippen LogP contribution is -2.29. The van der Waals surface area contributed by atoms with Gasteiger partial charge in [-0.25, -0.2) is 0 Å². The monoisotopic (exact) mass is 1730 g/mol. The van der Waals surface area contributed by atoms with Gasteiger partial charge in [-0.05, 0) is 133 Å². The summed E-state index contributed by atoms with van der Waals surface area (Å²) in [5, 5.41) is 16.9. The van der Waals surface area contributed by atoms with Crippen molar-refractivity contribution in [1.29, 1.82) is 5.26 Å². The van der Waals surface area contributed by atoms with Crippen molar-refractivity contribution in [1.82, 2.24) is 0 Å². The van der Waals surface area contributed by atoms with E-state index in [1.54, 1.807) is 6.07 Å². The number of nitriles is 1. The molecule has 0 spiro atoms. The van der Waals surface area contributed by atoms with Crippen LogP contribution in [0.5, 0.6) is 57.5 Å². The third kappa shape index (κ3) is 17.8. The van der Waals surface area contributed by atoms with Gasteiger partial charge in [-0.15, -0.1) is 0 Å². The number of hydrogen-bond donors (Lipinski definition) is 11. The number of nitrogens with zero attached hydrogens (tertiary/aromatic N) is 1. The van der Waals surface area contributed by atoms with Gasteiger partial charge < -0.3 is 86.1 Å². The molecule has 0 bridgehead atoms. The summed E-state index contributed by atoms with van der Waals surface area (Å²) in [7, 11) is 1.00. The summed E-state index contributed by atoms with van der Waals surface area (Å²) in [4.78, 5) is 0. The molecule has 0 fully saturated rings. The highest BCUT2D eigenvalue weighted by molar-refractivity contribution is 5.82. The van der Waals surface area contributed by atoms with Crippen molar-refractivity contribution in [3.63, 3.8) is 0 Å². The van der Waals surface area contributed by atoms with Crippen LogP contribution in [0.1, 0.15) is 126 Å². The van der Waals surface area contributed by atoms with Gasteiger partial charge in [0.15, 0.2) is 0 Å². The van der Waals surface area contributed by atoms with E-state index in [0.29, 0.717) is 56.9 Å². The molecule has 0 amide bonds. The zero-order chi connectivity index (χ0) is 92.5. The Labute approximate surface area is 765 Å². The van der Waals surface area contributed by atoms with Gasteiger partial charge in [-0.3, -0.25) is 0 Å². The van der Waals surface area contributed by atoms with E-state index >= 15 is 0 Å². The lowest BCUT2D eigenvalue weighted by Gasteiger charge is -2.38. The molecule has 131 heavy (non-hydrogen) atoms. The molecule has 0 aromatic heterocycles. The van der Waals surface area contributed by atoms with E-state index in [1.165, 1.54) is 51.1 Å². The van der Waals surface area contributed by atoms with Gasteiger partial charge >= 0.3 is 0 Å². The molecule has 17 heteroatoms. The zero-order valence-corrected chi connectivity index (χ0v) is 74.5. The Hall–Kier alpha value is -16.6. The second kappa shape index (κ2) is 37.6. The zero-order valence-electron chi connectivity index (χ0n) is 74.5. The van der Waals surface area contributed by atoms with Crippen molar-refractivity contribution in [2.24, 2.45) is 0 Å². The lowest BCUT2D eigenvalue weighted by molar-refractivity contribution is 0.399. The molecule has 0 unspecified atom stereocenters. The van der Waals surface area contributed by atoms with Crippen LogP contribution >= 0.6 is 0 Å². The first-order chi connectivity index (χ1) is 63.2. The molecule has 0 atom stereocenters. The molecule has 17 aromatic rings. The summed E-state index contributed by atoms with van der Waals surface area (Å²) in [5.74, 6) is 7.91. The van der Waals surface area contributed by atoms with Crippen LogP contribution in [0.25, 0.3) is 21.9 Å². The molecule has 5 aliphatic heterocycles. The average Bonchev–Trinajstić information content (AvgIpc) is 0.739. The Morgan fingerprint density at radius 2 is 0.359 bits per heavy atom. The molecule has 17 aromatic carbocycles. The van der Waals surface area contributed by atoms with Crippen LogP contribution in [0.3, 0.4) is 0 Å². The summed E-state index contributed by atoms with van der Waals surface area (Å²) < 4.78 is 30.4. The van der Waals surface area contributed by atoms with Crippen LogP contribution in [0.15, 0.2) is 376 Å². The minimum atomic E-state index is -0.375. The van der Waals surface area contributed by atoms with E-state index < -0.39 is 0 Å². The Morgan fingerprint density at radius 3 is 0.557 bits per heavy atom. The highest BCUT2D eigenvalue weighted by Gasteiger charge is 2.45. The molecular formula is C114H107N11O6. The minimum absolute atomic E-state index is 0.107. The van der Waals surface area contributed by atoms with Crippen molar-refractivity contribution in [2.45, 2.75) is 75.5 Å². The second-order valence-electron chi connectivity index (χ2n) is 33.8. The molecule has 17 nitrogen and oxygen atoms in total. The van der Waals surface area contributed by atoms with Crippen LogP contribution in [0.4, 0.5) is 56.9 Å². The van der Waals surface area contributed by atoms with E-state index in [1.807, 2.05) is 158 Å². The summed E-state index contributed by atoms with van der Waals surface area (Å²) in [6.45, 7) is 14.7. The molecule has 5 heterocycles. The van der Waals surface area contributed by atoms with Crippen molar-refractivity contribution in [3.05, 3.63) is 454 Å². The SMILES string of the molecule is CC#N.CC1(C)c2ccc(N)cc2Oc2cc(N)ccc21.CC1(c2ccc(-c3ccccc3)cc2)c2ccc(N)cc2Oc2cc(N)ccc21.CC1(c2ccccc2)c2ccc(N)cc2Oc2cc(N)ccc21.CC1(c2ccccc2)c2ccc(N)cc2Oc2cc(N)ccc21.CC1(c2ccccc2)c2ccc(N)cc2Oc2cc(N)ccc21.CO.c1ccc2ccccc2c1. The molecule has 654 valence electrons. The molecule has 0 aliphatic carbocycles. The predicted octanol–water partition coefficient (Wildman–Crippen LogP) is 25.2.